The van der Waals surface area contributed by atoms with Gasteiger partial charge in [0.25, 0.3) is 5.91 Å². The lowest BCUT2D eigenvalue weighted by Crippen LogP contribution is -2.49. The normalized spacial score (nSPS) is 15.8. The van der Waals surface area contributed by atoms with Crippen LogP contribution in [0.1, 0.15) is 22.0 Å². The van der Waals surface area contributed by atoms with Crippen molar-refractivity contribution in [3.8, 4) is 6.07 Å². The summed E-state index contributed by atoms with van der Waals surface area (Å²) >= 11 is 0. The van der Waals surface area contributed by atoms with Crippen molar-refractivity contribution in [2.45, 2.75) is 10.9 Å². The van der Waals surface area contributed by atoms with Crippen LogP contribution in [0.4, 0.5) is 4.39 Å². The number of carbonyl (C=O) groups excluding carboxylic acids is 2. The average Bonchev–Trinajstić information content (AvgIpc) is 2.72. The fourth-order valence-corrected chi connectivity index (χ4v) is 4.25. The molecule has 0 radical (unpaired) electrons. The van der Waals surface area contributed by atoms with E-state index < -0.39 is 27.8 Å². The predicted molar refractivity (Wildman–Crippen MR) is 100 cm³/mol. The lowest BCUT2D eigenvalue weighted by atomic mass is 10.1. The highest BCUT2D eigenvalue weighted by Crippen LogP contribution is 2.19. The minimum atomic E-state index is -3.87. The third-order valence-corrected chi connectivity index (χ3v) is 6.24. The minimum Gasteiger partial charge on any atom is -0.354 e. The van der Waals surface area contributed by atoms with Crippen molar-refractivity contribution < 1.29 is 22.4 Å². The quantitative estimate of drug-likeness (QED) is 0.752. The Morgan fingerprint density at radius 3 is 2.52 bits per heavy atom. The molecule has 1 saturated heterocycles. The second kappa shape index (κ2) is 8.38. The van der Waals surface area contributed by atoms with E-state index >= 15 is 0 Å². The summed E-state index contributed by atoms with van der Waals surface area (Å²) in [6.45, 7) is 0.115. The Bertz CT molecular complexity index is 1080. The van der Waals surface area contributed by atoms with Crippen LogP contribution in [0.2, 0.25) is 0 Å². The monoisotopic (exact) mass is 416 g/mol. The van der Waals surface area contributed by atoms with Crippen LogP contribution in [0.25, 0.3) is 0 Å². The summed E-state index contributed by atoms with van der Waals surface area (Å²) in [4.78, 5) is 23.8. The van der Waals surface area contributed by atoms with Gasteiger partial charge < -0.3 is 10.6 Å². The van der Waals surface area contributed by atoms with Gasteiger partial charge in [0.05, 0.1) is 17.5 Å². The molecule has 29 heavy (non-hydrogen) atoms. The van der Waals surface area contributed by atoms with Crippen molar-refractivity contribution in [3.05, 3.63) is 65.5 Å². The van der Waals surface area contributed by atoms with Crippen LogP contribution in [0, 0.1) is 17.1 Å². The molecule has 8 nitrogen and oxygen atoms in total. The highest BCUT2D eigenvalue weighted by atomic mass is 32.2. The lowest BCUT2D eigenvalue weighted by molar-refractivity contribution is -0.122. The van der Waals surface area contributed by atoms with E-state index in [0.29, 0.717) is 0 Å². The van der Waals surface area contributed by atoms with Crippen molar-refractivity contribution in [2.75, 3.05) is 19.6 Å². The first kappa shape index (κ1) is 20.4. The third-order valence-electron chi connectivity index (χ3n) is 4.38. The Balaban J connectivity index is 1.76. The molecule has 2 N–H and O–H groups in total. The van der Waals surface area contributed by atoms with Crippen molar-refractivity contribution in [1.82, 2.24) is 14.9 Å². The standard InChI is InChI=1S/C19H17FN4O4S/c20-16-4-2-1-3-15(16)17(11-21)23-19(26)13-5-7-14(8-6-13)29(27,28)24-10-9-22-18(25)12-24/h1-8,17H,9-10,12H2,(H,22,25)(H,23,26). The summed E-state index contributed by atoms with van der Waals surface area (Å²) in [6.07, 6.45) is 0. The molecule has 1 unspecified atom stereocenters. The van der Waals surface area contributed by atoms with Gasteiger partial charge in [-0.15, -0.1) is 0 Å². The maximum atomic E-state index is 13.9. The van der Waals surface area contributed by atoms with Crippen LogP contribution < -0.4 is 10.6 Å². The van der Waals surface area contributed by atoms with Crippen LogP contribution in [0.5, 0.6) is 0 Å². The molecule has 2 aromatic carbocycles. The molecule has 10 heteroatoms. The number of nitrogens with one attached hydrogen (secondary N) is 2. The number of amides is 2. The molecule has 1 atom stereocenters. The number of halogens is 1. The van der Waals surface area contributed by atoms with E-state index in [2.05, 4.69) is 10.6 Å². The summed E-state index contributed by atoms with van der Waals surface area (Å²) in [6, 6.07) is 11.3. The van der Waals surface area contributed by atoms with Gasteiger partial charge >= 0.3 is 0 Å². The van der Waals surface area contributed by atoms with Crippen LogP contribution >= 0.6 is 0 Å². The number of piperazine rings is 1. The number of hydrogen-bond acceptors (Lipinski definition) is 5. The summed E-state index contributed by atoms with van der Waals surface area (Å²) in [7, 11) is -3.87. The first-order valence-corrected chi connectivity index (χ1v) is 10.1. The smallest absolute Gasteiger partial charge is 0.252 e. The van der Waals surface area contributed by atoms with Crippen LogP contribution in [-0.2, 0) is 14.8 Å². The number of nitriles is 1. The molecule has 1 fully saturated rings. The first-order valence-electron chi connectivity index (χ1n) is 8.65. The molecule has 2 aromatic rings. The number of carbonyl (C=O) groups is 2. The molecular formula is C19H17FN4O4S. The van der Waals surface area contributed by atoms with Gasteiger partial charge in [0.1, 0.15) is 11.9 Å². The summed E-state index contributed by atoms with van der Waals surface area (Å²) in [5, 5.41) is 14.2. The molecular weight excluding hydrogens is 399 g/mol. The largest absolute Gasteiger partial charge is 0.354 e. The molecule has 1 aliphatic rings. The van der Waals surface area contributed by atoms with Gasteiger partial charge in [-0.25, -0.2) is 12.8 Å². The zero-order chi connectivity index (χ0) is 21.0. The minimum absolute atomic E-state index is 0.0333. The van der Waals surface area contributed by atoms with Crippen molar-refractivity contribution in [1.29, 1.82) is 5.26 Å². The number of nitrogens with zero attached hydrogens (tertiary/aromatic N) is 2. The maximum absolute atomic E-state index is 13.9. The van der Waals surface area contributed by atoms with Gasteiger partial charge in [0.15, 0.2) is 0 Å². The van der Waals surface area contributed by atoms with Crippen LogP contribution in [-0.4, -0.2) is 44.2 Å². The van der Waals surface area contributed by atoms with E-state index in [1.165, 1.54) is 42.5 Å². The topological polar surface area (TPSA) is 119 Å². The third kappa shape index (κ3) is 4.42. The molecule has 1 heterocycles. The van der Waals surface area contributed by atoms with Crippen LogP contribution in [0.15, 0.2) is 53.4 Å². The molecule has 0 bridgehead atoms. The molecule has 3 rings (SSSR count). The Hall–Kier alpha value is -3.29. The van der Waals surface area contributed by atoms with E-state index in [1.807, 2.05) is 6.07 Å². The molecule has 0 aromatic heterocycles. The lowest BCUT2D eigenvalue weighted by Gasteiger charge is -2.25. The highest BCUT2D eigenvalue weighted by Gasteiger charge is 2.29. The second-order valence-electron chi connectivity index (χ2n) is 6.27. The molecule has 1 aliphatic heterocycles. The van der Waals surface area contributed by atoms with E-state index in [4.69, 9.17) is 0 Å². The molecule has 150 valence electrons. The summed E-state index contributed by atoms with van der Waals surface area (Å²) < 4.78 is 40.2. The Labute approximate surface area is 167 Å². The molecule has 2 amide bonds. The van der Waals surface area contributed by atoms with Crippen molar-refractivity contribution in [3.63, 3.8) is 0 Å². The van der Waals surface area contributed by atoms with E-state index in [-0.39, 0.29) is 41.6 Å². The van der Waals surface area contributed by atoms with Gasteiger partial charge in [-0.05, 0) is 30.3 Å². The highest BCUT2D eigenvalue weighted by molar-refractivity contribution is 7.89. The summed E-state index contributed by atoms with van der Waals surface area (Å²) in [5.41, 5.74) is 0.142. The first-order chi connectivity index (χ1) is 13.8. The van der Waals surface area contributed by atoms with E-state index in [1.54, 1.807) is 6.07 Å². The molecule has 0 aliphatic carbocycles. The number of sulfonamides is 1. The van der Waals surface area contributed by atoms with E-state index in [0.717, 1.165) is 4.31 Å². The van der Waals surface area contributed by atoms with Gasteiger partial charge in [-0.1, -0.05) is 18.2 Å². The number of hydrogen-bond donors (Lipinski definition) is 2. The fourth-order valence-electron chi connectivity index (χ4n) is 2.85. The Morgan fingerprint density at radius 2 is 1.90 bits per heavy atom. The van der Waals surface area contributed by atoms with Gasteiger partial charge in [-0.2, -0.15) is 9.57 Å². The number of benzene rings is 2. The zero-order valence-electron chi connectivity index (χ0n) is 15.1. The SMILES string of the molecule is N#CC(NC(=O)c1ccc(S(=O)(=O)N2CCNC(=O)C2)cc1)c1ccccc1F. The second-order valence-corrected chi connectivity index (χ2v) is 8.21. The van der Waals surface area contributed by atoms with Crippen molar-refractivity contribution in [2.24, 2.45) is 0 Å². The van der Waals surface area contributed by atoms with Gasteiger partial charge in [0, 0.05) is 24.2 Å². The van der Waals surface area contributed by atoms with Crippen molar-refractivity contribution >= 4 is 21.8 Å². The van der Waals surface area contributed by atoms with E-state index in [9.17, 15) is 27.7 Å². The van der Waals surface area contributed by atoms with Gasteiger partial charge in [0.2, 0.25) is 15.9 Å². The zero-order valence-corrected chi connectivity index (χ0v) is 15.9. The Kier molecular flexibility index (Phi) is 5.91. The molecule has 0 spiro atoms. The average molecular weight is 416 g/mol. The predicted octanol–water partition coefficient (Wildman–Crippen LogP) is 0.941. The Morgan fingerprint density at radius 1 is 1.21 bits per heavy atom. The fraction of sp³-hybridized carbons (Fsp3) is 0.211. The van der Waals surface area contributed by atoms with Gasteiger partial charge in [-0.3, -0.25) is 9.59 Å². The molecule has 0 saturated carbocycles. The van der Waals surface area contributed by atoms with Crippen LogP contribution in [0.3, 0.4) is 0 Å². The number of rotatable bonds is 5. The summed E-state index contributed by atoms with van der Waals surface area (Å²) in [5.74, 6) is -1.65. The maximum Gasteiger partial charge on any atom is 0.252 e.